The van der Waals surface area contributed by atoms with E-state index in [2.05, 4.69) is 16.8 Å². The van der Waals surface area contributed by atoms with Crippen LogP contribution in [0, 0.1) is 5.41 Å². The number of halogens is 3. The highest BCUT2D eigenvalue weighted by Crippen LogP contribution is 2.39. The molecule has 1 aromatic rings. The summed E-state index contributed by atoms with van der Waals surface area (Å²) in [5.74, 6) is 0. The number of alkyl halides is 3. The molecule has 2 aliphatic rings. The fraction of sp³-hybridized carbons (Fsp3) is 0.647. The Morgan fingerprint density at radius 1 is 1.14 bits per heavy atom. The van der Waals surface area contributed by atoms with Crippen molar-refractivity contribution in [2.45, 2.75) is 32.0 Å². The summed E-state index contributed by atoms with van der Waals surface area (Å²) < 4.78 is 38.4. The molecule has 0 radical (unpaired) electrons. The molecule has 2 saturated heterocycles. The second-order valence-electron chi connectivity index (χ2n) is 7.00. The molecule has 1 aromatic carbocycles. The summed E-state index contributed by atoms with van der Waals surface area (Å²) >= 11 is 0. The summed E-state index contributed by atoms with van der Waals surface area (Å²) in [5, 5.41) is 0. The number of hydrogen-bond acceptors (Lipinski definition) is 2. The molecule has 22 heavy (non-hydrogen) atoms. The fourth-order valence-electron chi connectivity index (χ4n) is 4.04. The first kappa shape index (κ1) is 15.8. The molecule has 5 heteroatoms. The van der Waals surface area contributed by atoms with E-state index in [0.29, 0.717) is 12.0 Å². The lowest BCUT2D eigenvalue weighted by atomic mass is 9.79. The number of piperidine rings is 1. The van der Waals surface area contributed by atoms with E-state index in [0.717, 1.165) is 44.2 Å². The van der Waals surface area contributed by atoms with Crippen LogP contribution in [0.2, 0.25) is 0 Å². The molecular weight excluding hydrogens is 289 g/mol. The summed E-state index contributed by atoms with van der Waals surface area (Å²) in [7, 11) is 2.15. The fourth-order valence-corrected chi connectivity index (χ4v) is 4.04. The Bertz CT molecular complexity index is 525. The van der Waals surface area contributed by atoms with Crippen LogP contribution >= 0.6 is 0 Å². The van der Waals surface area contributed by atoms with Crippen LogP contribution in [0.4, 0.5) is 13.2 Å². The summed E-state index contributed by atoms with van der Waals surface area (Å²) in [5.41, 5.74) is 0.574. The molecule has 2 fully saturated rings. The molecule has 3 rings (SSSR count). The van der Waals surface area contributed by atoms with E-state index in [1.54, 1.807) is 6.07 Å². The van der Waals surface area contributed by atoms with Crippen LogP contribution in [-0.4, -0.2) is 43.0 Å². The average Bonchev–Trinajstić information content (AvgIpc) is 2.79. The van der Waals surface area contributed by atoms with Crippen molar-refractivity contribution in [1.82, 2.24) is 9.80 Å². The van der Waals surface area contributed by atoms with Gasteiger partial charge in [-0.15, -0.1) is 0 Å². The Morgan fingerprint density at radius 3 is 2.64 bits per heavy atom. The van der Waals surface area contributed by atoms with Gasteiger partial charge in [0.1, 0.15) is 0 Å². The Kier molecular flexibility index (Phi) is 4.21. The third-order valence-electron chi connectivity index (χ3n) is 5.03. The Labute approximate surface area is 129 Å². The van der Waals surface area contributed by atoms with Crippen LogP contribution in [0.1, 0.15) is 30.4 Å². The van der Waals surface area contributed by atoms with Gasteiger partial charge in [0.15, 0.2) is 0 Å². The molecule has 2 heterocycles. The number of likely N-dealkylation sites (tertiary alicyclic amines) is 2. The Hall–Kier alpha value is -1.07. The third kappa shape index (κ3) is 3.46. The zero-order valence-corrected chi connectivity index (χ0v) is 13.0. The smallest absolute Gasteiger partial charge is 0.306 e. The van der Waals surface area contributed by atoms with E-state index < -0.39 is 11.7 Å². The standard InChI is InChI=1S/C17H23F3N2/c1-21-9-7-16(12-21)6-3-8-22(13-16)11-14-4-2-5-15(10-14)17(18,19)20/h2,4-5,10H,3,6-9,11-13H2,1H3. The number of hydrogen-bond donors (Lipinski definition) is 0. The zero-order valence-electron chi connectivity index (χ0n) is 13.0. The summed E-state index contributed by atoms with van der Waals surface area (Å²) in [6.45, 7) is 4.87. The van der Waals surface area contributed by atoms with E-state index in [-0.39, 0.29) is 0 Å². The highest BCUT2D eigenvalue weighted by molar-refractivity contribution is 5.25. The molecule has 2 nitrogen and oxygen atoms in total. The summed E-state index contributed by atoms with van der Waals surface area (Å²) in [6, 6.07) is 5.76. The van der Waals surface area contributed by atoms with Gasteiger partial charge in [-0.05, 0) is 56.4 Å². The first-order valence-corrected chi connectivity index (χ1v) is 7.93. The van der Waals surface area contributed by atoms with Crippen molar-refractivity contribution in [2.24, 2.45) is 5.41 Å². The highest BCUT2D eigenvalue weighted by atomic mass is 19.4. The molecule has 0 N–H and O–H groups in total. The van der Waals surface area contributed by atoms with Gasteiger partial charge in [0.2, 0.25) is 0 Å². The lowest BCUT2D eigenvalue weighted by Gasteiger charge is -2.40. The van der Waals surface area contributed by atoms with E-state index in [9.17, 15) is 13.2 Å². The molecule has 1 atom stereocenters. The monoisotopic (exact) mass is 312 g/mol. The van der Waals surface area contributed by atoms with Crippen LogP contribution in [0.15, 0.2) is 24.3 Å². The second-order valence-corrected chi connectivity index (χ2v) is 7.00. The third-order valence-corrected chi connectivity index (χ3v) is 5.03. The van der Waals surface area contributed by atoms with E-state index in [4.69, 9.17) is 0 Å². The van der Waals surface area contributed by atoms with Crippen LogP contribution in [0.25, 0.3) is 0 Å². The minimum Gasteiger partial charge on any atom is -0.306 e. The number of benzene rings is 1. The SMILES string of the molecule is CN1CCC2(CCCN(Cc3cccc(C(F)(F)F)c3)C2)C1. The summed E-state index contributed by atoms with van der Waals surface area (Å²) in [6.07, 6.45) is -0.654. The maximum atomic E-state index is 12.8. The molecule has 0 bridgehead atoms. The van der Waals surface area contributed by atoms with Crippen LogP contribution in [0.3, 0.4) is 0 Å². The molecule has 0 aromatic heterocycles. The van der Waals surface area contributed by atoms with Gasteiger partial charge in [-0.2, -0.15) is 13.2 Å². The van der Waals surface area contributed by atoms with Crippen molar-refractivity contribution in [1.29, 1.82) is 0 Å². The highest BCUT2D eigenvalue weighted by Gasteiger charge is 2.40. The predicted octanol–water partition coefficient (Wildman–Crippen LogP) is 3.62. The van der Waals surface area contributed by atoms with Crippen molar-refractivity contribution in [2.75, 3.05) is 33.2 Å². The molecular formula is C17H23F3N2. The van der Waals surface area contributed by atoms with Crippen molar-refractivity contribution >= 4 is 0 Å². The molecule has 0 aliphatic carbocycles. The normalized spacial score (nSPS) is 27.6. The molecule has 2 aliphatic heterocycles. The molecule has 122 valence electrons. The maximum Gasteiger partial charge on any atom is 0.416 e. The first-order chi connectivity index (χ1) is 10.4. The topological polar surface area (TPSA) is 6.48 Å². The lowest BCUT2D eigenvalue weighted by Crippen LogP contribution is -2.44. The molecule has 1 unspecified atom stereocenters. The minimum absolute atomic E-state index is 0.356. The molecule has 0 amide bonds. The average molecular weight is 312 g/mol. The van der Waals surface area contributed by atoms with E-state index >= 15 is 0 Å². The lowest BCUT2D eigenvalue weighted by molar-refractivity contribution is -0.137. The first-order valence-electron chi connectivity index (χ1n) is 7.93. The van der Waals surface area contributed by atoms with Crippen molar-refractivity contribution in [3.63, 3.8) is 0 Å². The van der Waals surface area contributed by atoms with Crippen molar-refractivity contribution < 1.29 is 13.2 Å². The quantitative estimate of drug-likeness (QED) is 0.823. The molecule has 1 spiro atoms. The predicted molar refractivity (Wildman–Crippen MR) is 80.5 cm³/mol. The maximum absolute atomic E-state index is 12.8. The van der Waals surface area contributed by atoms with Gasteiger partial charge in [-0.3, -0.25) is 4.90 Å². The zero-order chi connectivity index (χ0) is 15.8. The van der Waals surface area contributed by atoms with Crippen LogP contribution in [-0.2, 0) is 12.7 Å². The minimum atomic E-state index is -4.26. The van der Waals surface area contributed by atoms with E-state index in [1.165, 1.54) is 25.0 Å². The van der Waals surface area contributed by atoms with Crippen LogP contribution < -0.4 is 0 Å². The van der Waals surface area contributed by atoms with Gasteiger partial charge in [-0.1, -0.05) is 18.2 Å². The van der Waals surface area contributed by atoms with E-state index in [1.807, 2.05) is 0 Å². The number of rotatable bonds is 2. The number of nitrogens with zero attached hydrogens (tertiary/aromatic N) is 2. The van der Waals surface area contributed by atoms with Gasteiger partial charge in [0, 0.05) is 19.6 Å². The van der Waals surface area contributed by atoms with Crippen LogP contribution in [0.5, 0.6) is 0 Å². The second kappa shape index (κ2) is 5.85. The van der Waals surface area contributed by atoms with Gasteiger partial charge < -0.3 is 4.90 Å². The van der Waals surface area contributed by atoms with Gasteiger partial charge in [-0.25, -0.2) is 0 Å². The largest absolute Gasteiger partial charge is 0.416 e. The van der Waals surface area contributed by atoms with Crippen molar-refractivity contribution in [3.8, 4) is 0 Å². The molecule has 0 saturated carbocycles. The summed E-state index contributed by atoms with van der Waals surface area (Å²) in [4.78, 5) is 4.70. The van der Waals surface area contributed by atoms with Gasteiger partial charge >= 0.3 is 6.18 Å². The van der Waals surface area contributed by atoms with Gasteiger partial charge in [0.05, 0.1) is 5.56 Å². The van der Waals surface area contributed by atoms with Gasteiger partial charge in [0.25, 0.3) is 0 Å². The van der Waals surface area contributed by atoms with Crippen molar-refractivity contribution in [3.05, 3.63) is 35.4 Å². The Balaban J connectivity index is 1.68. The Morgan fingerprint density at radius 2 is 1.95 bits per heavy atom.